The minimum atomic E-state index is -3.78. The van der Waals surface area contributed by atoms with E-state index in [2.05, 4.69) is 0 Å². The van der Waals surface area contributed by atoms with Gasteiger partial charge in [0, 0.05) is 0 Å². The standard InChI is InChI=1S/C12H23NO6S/c1-6-8(2)20(17,18)13-9(11(15)16)7-10(14)19-12(3,4)5/h8-9,13H,6-7H2,1-5H3,(H,15,16)/t8?,9-/m0/s1. The first kappa shape index (κ1) is 18.9. The minimum absolute atomic E-state index is 0.341. The molecule has 0 bridgehead atoms. The first-order chi connectivity index (χ1) is 8.89. The van der Waals surface area contributed by atoms with Crippen LogP contribution in [0.5, 0.6) is 0 Å². The number of hydrogen-bond donors (Lipinski definition) is 2. The molecule has 118 valence electrons. The summed E-state index contributed by atoms with van der Waals surface area (Å²) in [6, 6.07) is -1.52. The number of rotatable bonds is 7. The Balaban J connectivity index is 4.85. The number of carboxylic acids is 1. The normalized spacial score (nSPS) is 15.4. The second-order valence-electron chi connectivity index (χ2n) is 5.56. The van der Waals surface area contributed by atoms with Gasteiger partial charge in [0.2, 0.25) is 10.0 Å². The zero-order valence-corrected chi connectivity index (χ0v) is 13.3. The van der Waals surface area contributed by atoms with E-state index in [-0.39, 0.29) is 0 Å². The molecule has 1 unspecified atom stereocenters. The van der Waals surface area contributed by atoms with E-state index in [1.165, 1.54) is 6.92 Å². The molecule has 0 amide bonds. The first-order valence-corrected chi connectivity index (χ1v) is 7.89. The molecule has 0 aliphatic heterocycles. The maximum absolute atomic E-state index is 11.8. The van der Waals surface area contributed by atoms with Crippen LogP contribution in [-0.2, 0) is 24.3 Å². The topological polar surface area (TPSA) is 110 Å². The molecule has 0 aromatic heterocycles. The van der Waals surface area contributed by atoms with Crippen molar-refractivity contribution in [2.75, 3.05) is 0 Å². The van der Waals surface area contributed by atoms with Gasteiger partial charge in [-0.25, -0.2) is 13.1 Å². The molecule has 8 heteroatoms. The summed E-state index contributed by atoms with van der Waals surface area (Å²) in [5.41, 5.74) is -0.754. The Morgan fingerprint density at radius 2 is 1.80 bits per heavy atom. The average molecular weight is 309 g/mol. The van der Waals surface area contributed by atoms with Gasteiger partial charge in [0.05, 0.1) is 11.7 Å². The maximum Gasteiger partial charge on any atom is 0.322 e. The molecule has 0 aromatic rings. The van der Waals surface area contributed by atoms with Gasteiger partial charge < -0.3 is 9.84 Å². The van der Waals surface area contributed by atoms with E-state index in [0.717, 1.165) is 0 Å². The Morgan fingerprint density at radius 3 is 2.15 bits per heavy atom. The first-order valence-electron chi connectivity index (χ1n) is 6.35. The van der Waals surface area contributed by atoms with Crippen molar-refractivity contribution in [3.63, 3.8) is 0 Å². The number of carbonyl (C=O) groups is 2. The molecule has 2 N–H and O–H groups in total. The van der Waals surface area contributed by atoms with Gasteiger partial charge in [0.25, 0.3) is 0 Å². The van der Waals surface area contributed by atoms with Crippen LogP contribution in [-0.4, -0.2) is 42.4 Å². The van der Waals surface area contributed by atoms with Crippen LogP contribution in [0.2, 0.25) is 0 Å². The SMILES string of the molecule is CCC(C)S(=O)(=O)N[C@@H](CC(=O)OC(C)(C)C)C(=O)O. The lowest BCUT2D eigenvalue weighted by Gasteiger charge is -2.22. The van der Waals surface area contributed by atoms with Crippen LogP contribution in [0.3, 0.4) is 0 Å². The summed E-state index contributed by atoms with van der Waals surface area (Å²) in [5.74, 6) is -2.18. The van der Waals surface area contributed by atoms with Crippen molar-refractivity contribution < 1.29 is 27.9 Å². The summed E-state index contributed by atoms with van der Waals surface area (Å²) in [7, 11) is -3.78. The molecule has 0 radical (unpaired) electrons. The van der Waals surface area contributed by atoms with E-state index in [1.807, 2.05) is 4.72 Å². The Hall–Kier alpha value is -1.15. The van der Waals surface area contributed by atoms with E-state index in [9.17, 15) is 18.0 Å². The van der Waals surface area contributed by atoms with Crippen LogP contribution >= 0.6 is 0 Å². The summed E-state index contributed by atoms with van der Waals surface area (Å²) in [5, 5.41) is 8.27. The molecular formula is C12H23NO6S. The number of aliphatic carboxylic acids is 1. The van der Waals surface area contributed by atoms with Crippen LogP contribution in [0, 0.1) is 0 Å². The number of esters is 1. The van der Waals surface area contributed by atoms with Gasteiger partial charge in [-0.15, -0.1) is 0 Å². The highest BCUT2D eigenvalue weighted by Gasteiger charge is 2.30. The van der Waals surface area contributed by atoms with Gasteiger partial charge >= 0.3 is 11.9 Å². The fourth-order valence-corrected chi connectivity index (χ4v) is 2.51. The minimum Gasteiger partial charge on any atom is -0.480 e. The zero-order chi connectivity index (χ0) is 16.1. The Morgan fingerprint density at radius 1 is 1.30 bits per heavy atom. The zero-order valence-electron chi connectivity index (χ0n) is 12.5. The van der Waals surface area contributed by atoms with Crippen molar-refractivity contribution in [3.8, 4) is 0 Å². The van der Waals surface area contributed by atoms with Crippen molar-refractivity contribution >= 4 is 22.0 Å². The maximum atomic E-state index is 11.8. The third-order valence-electron chi connectivity index (χ3n) is 2.50. The molecular weight excluding hydrogens is 286 g/mol. The van der Waals surface area contributed by atoms with Gasteiger partial charge in [-0.2, -0.15) is 0 Å². The predicted molar refractivity (Wildman–Crippen MR) is 73.7 cm³/mol. The second-order valence-corrected chi connectivity index (χ2v) is 7.69. The average Bonchev–Trinajstić information content (AvgIpc) is 2.23. The molecule has 0 saturated heterocycles. The predicted octanol–water partition coefficient (Wildman–Crippen LogP) is 0.889. The lowest BCUT2D eigenvalue weighted by Crippen LogP contribution is -2.46. The molecule has 20 heavy (non-hydrogen) atoms. The van der Waals surface area contributed by atoms with Crippen LogP contribution < -0.4 is 4.72 Å². The summed E-state index contributed by atoms with van der Waals surface area (Å²) in [6.07, 6.45) is -0.212. The number of ether oxygens (including phenoxy) is 1. The fourth-order valence-electron chi connectivity index (χ4n) is 1.26. The monoisotopic (exact) mass is 309 g/mol. The van der Waals surface area contributed by atoms with Crippen LogP contribution in [0.4, 0.5) is 0 Å². The highest BCUT2D eigenvalue weighted by atomic mass is 32.2. The molecule has 0 saturated carbocycles. The lowest BCUT2D eigenvalue weighted by molar-refractivity contribution is -0.158. The number of nitrogens with one attached hydrogen (secondary N) is 1. The molecule has 2 atom stereocenters. The third kappa shape index (κ3) is 6.85. The number of sulfonamides is 1. The largest absolute Gasteiger partial charge is 0.480 e. The van der Waals surface area contributed by atoms with Crippen LogP contribution in [0.15, 0.2) is 0 Å². The van der Waals surface area contributed by atoms with Crippen LogP contribution in [0.25, 0.3) is 0 Å². The third-order valence-corrected chi connectivity index (χ3v) is 4.51. The second kappa shape index (κ2) is 7.03. The van der Waals surface area contributed by atoms with Crippen molar-refractivity contribution in [3.05, 3.63) is 0 Å². The van der Waals surface area contributed by atoms with Gasteiger partial charge in [-0.05, 0) is 34.1 Å². The number of hydrogen-bond acceptors (Lipinski definition) is 5. The molecule has 7 nitrogen and oxygen atoms in total. The molecule has 0 fully saturated rings. The summed E-state index contributed by atoms with van der Waals surface area (Å²) in [6.45, 7) is 8.07. The van der Waals surface area contributed by atoms with Gasteiger partial charge in [0.15, 0.2) is 0 Å². The van der Waals surface area contributed by atoms with E-state index in [1.54, 1.807) is 27.7 Å². The smallest absolute Gasteiger partial charge is 0.322 e. The quantitative estimate of drug-likeness (QED) is 0.676. The number of carboxylic acid groups (broad SMARTS) is 1. The Labute approximate surface area is 119 Å². The summed E-state index contributed by atoms with van der Waals surface area (Å²) >= 11 is 0. The van der Waals surface area contributed by atoms with E-state index >= 15 is 0 Å². The highest BCUT2D eigenvalue weighted by Crippen LogP contribution is 2.11. The van der Waals surface area contributed by atoms with Crippen molar-refractivity contribution in [1.82, 2.24) is 4.72 Å². The van der Waals surface area contributed by atoms with E-state index < -0.39 is 45.3 Å². The van der Waals surface area contributed by atoms with Gasteiger partial charge in [0.1, 0.15) is 11.6 Å². The van der Waals surface area contributed by atoms with Crippen molar-refractivity contribution in [2.45, 2.75) is 64.4 Å². The lowest BCUT2D eigenvalue weighted by atomic mass is 10.2. The molecule has 0 aliphatic rings. The highest BCUT2D eigenvalue weighted by molar-refractivity contribution is 7.90. The molecule has 0 rings (SSSR count). The summed E-state index contributed by atoms with van der Waals surface area (Å²) < 4.78 is 30.6. The molecule has 0 aliphatic carbocycles. The fraction of sp³-hybridized carbons (Fsp3) is 0.833. The molecule has 0 spiro atoms. The van der Waals surface area contributed by atoms with Crippen LogP contribution in [0.1, 0.15) is 47.5 Å². The molecule has 0 aromatic carbocycles. The molecule has 0 heterocycles. The van der Waals surface area contributed by atoms with Gasteiger partial charge in [-0.3, -0.25) is 9.59 Å². The van der Waals surface area contributed by atoms with Gasteiger partial charge in [-0.1, -0.05) is 6.92 Å². The van der Waals surface area contributed by atoms with Crippen molar-refractivity contribution in [1.29, 1.82) is 0 Å². The Kier molecular flexibility index (Phi) is 6.63. The summed E-state index contributed by atoms with van der Waals surface area (Å²) in [4.78, 5) is 22.6. The van der Waals surface area contributed by atoms with Crippen molar-refractivity contribution in [2.24, 2.45) is 0 Å². The number of carbonyl (C=O) groups excluding carboxylic acids is 1. The van der Waals surface area contributed by atoms with E-state index in [4.69, 9.17) is 9.84 Å². The Bertz CT molecular complexity index is 451. The van der Waals surface area contributed by atoms with E-state index in [0.29, 0.717) is 6.42 Å².